The van der Waals surface area contributed by atoms with Crippen LogP contribution in [-0.2, 0) is 67.1 Å². The van der Waals surface area contributed by atoms with E-state index < -0.39 is 41.7 Å². The molecule has 3 aliphatic carbocycles. The number of hydrogen-bond donors (Lipinski definition) is 14. The Hall–Kier alpha value is -12.2. The predicted molar refractivity (Wildman–Crippen MR) is 467 cm³/mol. The number of aliphatic hydroxyl groups excluding tert-OH is 1. The molecule has 0 spiro atoms. The van der Waals surface area contributed by atoms with E-state index in [2.05, 4.69) is 71.8 Å². The molecular weight excluding hydrogens is 1610 g/mol. The van der Waals surface area contributed by atoms with Crippen LogP contribution in [0.2, 0.25) is 0 Å². The zero-order valence-electron chi connectivity index (χ0n) is 71.4. The fourth-order valence-corrected chi connectivity index (χ4v) is 13.5. The lowest BCUT2D eigenvalue weighted by atomic mass is 9.82. The lowest BCUT2D eigenvalue weighted by Gasteiger charge is -2.31. The van der Waals surface area contributed by atoms with Crippen LogP contribution in [0, 0.1) is 23.7 Å². The van der Waals surface area contributed by atoms with Crippen molar-refractivity contribution in [2.24, 2.45) is 69.3 Å². The van der Waals surface area contributed by atoms with Crippen molar-refractivity contribution < 1.29 is 103 Å². The van der Waals surface area contributed by atoms with Gasteiger partial charge in [0.1, 0.15) is 0 Å². The number of carbonyl (C=O) groups is 14. The van der Waals surface area contributed by atoms with Gasteiger partial charge in [0.15, 0.2) is 0 Å². The average Bonchev–Trinajstić information content (AvgIpc) is 1.33. The van der Waals surface area contributed by atoms with Crippen molar-refractivity contribution in [3.8, 4) is 0 Å². The Bertz CT molecular complexity index is 4200. The van der Waals surface area contributed by atoms with E-state index >= 15 is 0 Å². The van der Waals surface area contributed by atoms with Gasteiger partial charge in [-0.2, -0.15) is 0 Å². The second kappa shape index (κ2) is 58.7. The van der Waals surface area contributed by atoms with E-state index in [0.717, 1.165) is 69.8 Å². The molecule has 0 radical (unpaired) electrons. The van der Waals surface area contributed by atoms with Crippen molar-refractivity contribution >= 4 is 133 Å². The molecule has 0 saturated heterocycles. The summed E-state index contributed by atoms with van der Waals surface area (Å²) in [6.07, 6.45) is 44.9. The molecule has 678 valence electrons. The summed E-state index contributed by atoms with van der Waals surface area (Å²) < 4.78 is 0. The van der Waals surface area contributed by atoms with Gasteiger partial charge in [-0.3, -0.25) is 107 Å². The van der Waals surface area contributed by atoms with Crippen LogP contribution >= 0.6 is 0 Å². The maximum atomic E-state index is 12.0. The Labute approximate surface area is 721 Å². The Balaban J connectivity index is 0.000000298. The van der Waals surface area contributed by atoms with Crippen LogP contribution in [0.3, 0.4) is 0 Å². The molecule has 38 nitrogen and oxygen atoms in total. The Morgan fingerprint density at radius 2 is 0.823 bits per heavy atom. The zero-order valence-corrected chi connectivity index (χ0v) is 71.4. The highest BCUT2D eigenvalue weighted by molar-refractivity contribution is 6.02. The van der Waals surface area contributed by atoms with E-state index in [-0.39, 0.29) is 135 Å². The molecule has 11 rings (SSSR count). The summed E-state index contributed by atoms with van der Waals surface area (Å²) in [4.78, 5) is 190. The number of nitrogens with zero attached hydrogens (tertiary/aromatic N) is 10. The minimum Gasteiger partial charge on any atom is -0.481 e. The highest BCUT2D eigenvalue weighted by Crippen LogP contribution is 2.29. The predicted octanol–water partition coefficient (Wildman–Crippen LogP) is 6.43. The third-order valence-corrected chi connectivity index (χ3v) is 20.9. The van der Waals surface area contributed by atoms with Crippen LogP contribution in [0.1, 0.15) is 207 Å². The van der Waals surface area contributed by atoms with Gasteiger partial charge in [-0.15, -0.1) is 0 Å². The number of hydrogen-bond acceptors (Lipinski definition) is 24. The van der Waals surface area contributed by atoms with Gasteiger partial charge < -0.3 is 83.2 Å². The van der Waals surface area contributed by atoms with E-state index in [9.17, 15) is 72.2 Å². The summed E-state index contributed by atoms with van der Waals surface area (Å²) in [5, 5.41) is 78.1. The van der Waals surface area contributed by atoms with Gasteiger partial charge in [-0.25, -0.2) is 0 Å². The molecule has 0 aromatic heterocycles. The third-order valence-electron chi connectivity index (χ3n) is 20.9. The van der Waals surface area contributed by atoms with Gasteiger partial charge in [0.2, 0.25) is 35.4 Å². The normalized spacial score (nSPS) is 20.4. The maximum absolute atomic E-state index is 12.0. The number of unbranched alkanes of at least 4 members (excludes halogenated alkanes) is 1. The van der Waals surface area contributed by atoms with Crippen LogP contribution in [0.4, 0.5) is 0 Å². The summed E-state index contributed by atoms with van der Waals surface area (Å²) in [6.45, 7) is 9.56. The Morgan fingerprint density at radius 3 is 1.23 bits per heavy atom. The minimum absolute atomic E-state index is 0.0103. The van der Waals surface area contributed by atoms with Gasteiger partial charge >= 0.3 is 35.8 Å². The second-order valence-electron chi connectivity index (χ2n) is 30.7. The van der Waals surface area contributed by atoms with Gasteiger partial charge in [-0.1, -0.05) is 45.4 Å². The summed E-state index contributed by atoms with van der Waals surface area (Å²) in [7, 11) is 1.59. The Kier molecular flexibility index (Phi) is 49.3. The summed E-state index contributed by atoms with van der Waals surface area (Å²) in [6, 6.07) is -0.178. The molecule has 11 aliphatic rings. The van der Waals surface area contributed by atoms with Crippen LogP contribution < -0.4 is 37.6 Å². The largest absolute Gasteiger partial charge is 0.481 e. The van der Waals surface area contributed by atoms with Crippen molar-refractivity contribution in [3.63, 3.8) is 0 Å². The smallest absolute Gasteiger partial charge is 0.308 e. The number of aliphatic carboxylic acids is 6. The van der Waals surface area contributed by atoms with E-state index in [0.29, 0.717) is 142 Å². The maximum Gasteiger partial charge on any atom is 0.308 e. The summed E-state index contributed by atoms with van der Waals surface area (Å²) in [5.74, 6) is -5.88. The van der Waals surface area contributed by atoms with Gasteiger partial charge in [0, 0.05) is 278 Å². The number of nitrogens with two attached hydrogens (primary N) is 1. The molecule has 0 aromatic rings. The molecule has 8 amide bonds. The number of aliphatic imine (C=N–C) groups is 8. The monoisotopic (exact) mass is 1730 g/mol. The lowest BCUT2D eigenvalue weighted by Crippen LogP contribution is -2.45. The number of carbonyl (C=O) groups excluding carboxylic acids is 8. The molecule has 0 aromatic carbocycles. The van der Waals surface area contributed by atoms with Crippen molar-refractivity contribution in [1.82, 2.24) is 41.7 Å². The van der Waals surface area contributed by atoms with Crippen LogP contribution in [0.5, 0.6) is 0 Å². The first kappa shape index (κ1) is 104. The number of carboxylic acids is 6. The first-order chi connectivity index (χ1) is 59.3. The van der Waals surface area contributed by atoms with Crippen LogP contribution in [0.25, 0.3) is 0 Å². The molecular formula is C86H123N17O21. The second-order valence-corrected chi connectivity index (χ2v) is 30.7. The number of likely N-dealkylation sites (N-methyl/N-ethyl adjacent to an activating group) is 2. The molecule has 8 aliphatic heterocycles. The molecule has 38 heteroatoms. The van der Waals surface area contributed by atoms with E-state index in [1.807, 2.05) is 6.92 Å². The molecule has 8 heterocycles. The first-order valence-corrected chi connectivity index (χ1v) is 42.0. The molecule has 3 saturated carbocycles. The van der Waals surface area contributed by atoms with Crippen molar-refractivity contribution in [2.75, 3.05) is 46.3 Å². The quantitative estimate of drug-likeness (QED) is 0.0308. The number of aliphatic hydroxyl groups is 1. The van der Waals surface area contributed by atoms with Gasteiger partial charge in [-0.05, 0) is 96.9 Å². The fourth-order valence-electron chi connectivity index (χ4n) is 13.5. The number of amides is 8. The minimum atomic E-state index is -0.915. The lowest BCUT2D eigenvalue weighted by molar-refractivity contribution is -0.141. The molecule has 9 atom stereocenters. The van der Waals surface area contributed by atoms with Crippen molar-refractivity contribution in [1.29, 1.82) is 0 Å². The van der Waals surface area contributed by atoms with E-state index in [4.69, 9.17) is 36.4 Å². The summed E-state index contributed by atoms with van der Waals surface area (Å²) in [5.41, 5.74) is 11.0. The first-order valence-electron chi connectivity index (χ1n) is 42.0. The van der Waals surface area contributed by atoms with Crippen LogP contribution in [0.15, 0.2) is 134 Å². The molecule has 15 N–H and O–H groups in total. The SMILES string of the molecule is CC(CCC(=O)O)NC(=O)C1=CN=CC1.CC(CNC(=O)C1=CN=CC1)C(=O)O.CCN(C(=O)C1=CN=CC1)C(C)CC(=O)O.CN(CCC(=O)O)C(=O)C1=CN=CC1.NCC1CCCCC1NC(=O)C1=CN=CC1.O=C(NCC1CCCCC1O)C1=CN=CC1.O=C(O)CC1CCCCC1NC(=O)C1=CN=CC1.O=C(O)CCCCNC(=O)C1=CN=CC1. The topological polar surface area (TPSA) is 584 Å². The number of rotatable bonds is 34. The average molecular weight is 1730 g/mol. The standard InChI is InChI=1S/C13H18N2O3.C12H19N3O.C12H18N2O2.C11H16N2O3.2C10H14N2O3.2C9H12N2O3/c16-12(17)7-9-3-1-2-4-11(9)15-13(18)10-5-6-14-8-10;13-7-9-3-1-2-4-11(9)15-12(16)10-5-6-14-8-10;15-11-4-2-1-3-9(11)8-14-12(16)10-5-6-13-7-10;1-3-13(8(2)6-10(14)15)11(16)9-4-5-12-7-9;1-7(2-3-9(13)14)12-10(15)8-4-5-11-6-8;13-9(14)3-1-2-5-12-10(15)8-4-6-11-7-8;1-11(5-3-8(12)13)9(14)7-2-4-10-6-7;1-6(9(13)14)4-11-8(12)7-2-3-10-5-7/h6,8-9,11H,1-5,7H2,(H,15,18)(H,16,17);6,8-9,11H,1-5,7,13H2,(H,15,16);6-7,9,11,15H,1-5,8H2,(H,14,16);5,7-8H,3-4,6H2,1-2H3,(H,14,15);5-7H,2-4H2,1H3,(H,12,15)(H,13,14);6-7H,1-5H2,(H,12,15)(H,13,14);4,6H,2-3,5H2,1H3,(H,12,13);3,5-6H,2,4H2,1H3,(H,11,12)(H,13,14). The van der Waals surface area contributed by atoms with E-state index in [1.165, 1.54) is 36.3 Å². The van der Waals surface area contributed by atoms with Crippen molar-refractivity contribution in [2.45, 2.75) is 238 Å². The van der Waals surface area contributed by atoms with E-state index in [1.54, 1.807) is 113 Å². The summed E-state index contributed by atoms with van der Waals surface area (Å²) >= 11 is 0. The van der Waals surface area contributed by atoms with Crippen LogP contribution in [-0.4, -0.2) is 255 Å². The molecule has 9 unspecified atom stereocenters. The number of nitrogens with one attached hydrogen (secondary N) is 6. The molecule has 3 fully saturated rings. The third kappa shape index (κ3) is 41.6. The highest BCUT2D eigenvalue weighted by Gasteiger charge is 2.32. The fraction of sp³-hybridized carbons (Fsp3) is 0.558. The van der Waals surface area contributed by atoms with Gasteiger partial charge in [0.25, 0.3) is 11.8 Å². The Morgan fingerprint density at radius 1 is 0.435 bits per heavy atom. The molecule has 124 heavy (non-hydrogen) atoms. The van der Waals surface area contributed by atoms with Crippen molar-refractivity contribution in [3.05, 3.63) is 94.2 Å². The zero-order chi connectivity index (χ0) is 91.3. The molecule has 0 bridgehead atoms. The van der Waals surface area contributed by atoms with Gasteiger partial charge in [0.05, 0.1) is 31.3 Å². The highest BCUT2D eigenvalue weighted by atomic mass is 16.4. The number of carboxylic acid groups (broad SMARTS) is 6.